The second-order valence-corrected chi connectivity index (χ2v) is 5.41. The quantitative estimate of drug-likeness (QED) is 0.589. The van der Waals surface area contributed by atoms with Crippen molar-refractivity contribution in [2.75, 3.05) is 0 Å². The lowest BCUT2D eigenvalue weighted by Gasteiger charge is -2.17. The number of benzene rings is 1. The summed E-state index contributed by atoms with van der Waals surface area (Å²) in [4.78, 5) is 22.1. The van der Waals surface area contributed by atoms with Crippen molar-refractivity contribution in [3.05, 3.63) is 33.4 Å². The fraction of sp³-hybridized carbons (Fsp3) is 0.533. The lowest BCUT2D eigenvalue weighted by Crippen LogP contribution is -2.20. The molecule has 20 heavy (non-hydrogen) atoms. The molecule has 110 valence electrons. The third-order valence-corrected chi connectivity index (χ3v) is 3.15. The summed E-state index contributed by atoms with van der Waals surface area (Å²) in [7, 11) is 0. The van der Waals surface area contributed by atoms with E-state index in [-0.39, 0.29) is 23.5 Å². The predicted molar refractivity (Wildman–Crippen MR) is 77.1 cm³/mol. The zero-order valence-corrected chi connectivity index (χ0v) is 12.6. The van der Waals surface area contributed by atoms with Crippen molar-refractivity contribution in [2.24, 2.45) is 5.92 Å². The number of nitrogens with zero attached hydrogens (tertiary/aromatic N) is 1. The van der Waals surface area contributed by atoms with Crippen LogP contribution in [0.3, 0.4) is 0 Å². The van der Waals surface area contributed by atoms with E-state index in [2.05, 4.69) is 0 Å². The van der Waals surface area contributed by atoms with Crippen LogP contribution in [0.5, 0.6) is 5.75 Å². The van der Waals surface area contributed by atoms with Gasteiger partial charge in [-0.1, -0.05) is 13.8 Å². The summed E-state index contributed by atoms with van der Waals surface area (Å²) in [6.45, 7) is 8.98. The molecule has 0 amide bonds. The van der Waals surface area contributed by atoms with Gasteiger partial charge >= 0.3 is 0 Å². The molecule has 0 aliphatic rings. The Balaban J connectivity index is 2.86. The molecule has 0 bridgehead atoms. The molecular formula is C15H21NO4. The van der Waals surface area contributed by atoms with E-state index in [1.54, 1.807) is 19.9 Å². The lowest BCUT2D eigenvalue weighted by molar-refractivity contribution is -0.385. The minimum absolute atomic E-state index is 0.0132. The maximum absolute atomic E-state index is 11.7. The number of ether oxygens (including phenoxy) is 1. The lowest BCUT2D eigenvalue weighted by atomic mass is 10.0. The molecule has 0 radical (unpaired) electrons. The smallest absolute Gasteiger partial charge is 0.272 e. The molecule has 1 unspecified atom stereocenters. The Morgan fingerprint density at radius 1 is 1.25 bits per heavy atom. The molecule has 0 aliphatic carbocycles. The van der Waals surface area contributed by atoms with Gasteiger partial charge in [0.1, 0.15) is 17.6 Å². The minimum atomic E-state index is -0.405. The largest absolute Gasteiger partial charge is 0.490 e. The Labute approximate surface area is 119 Å². The second kappa shape index (κ2) is 6.50. The van der Waals surface area contributed by atoms with Crippen LogP contribution in [0.2, 0.25) is 0 Å². The van der Waals surface area contributed by atoms with E-state index < -0.39 is 4.92 Å². The Morgan fingerprint density at radius 3 is 2.35 bits per heavy atom. The van der Waals surface area contributed by atoms with Crippen molar-refractivity contribution in [1.82, 2.24) is 0 Å². The monoisotopic (exact) mass is 279 g/mol. The standard InChI is InChI=1S/C15H21NO4/c1-9(2)14(17)8-12(5)20-15-7-10(3)13(16(18)19)6-11(15)4/h6-7,9,12H,8H2,1-5H3. The van der Waals surface area contributed by atoms with Crippen LogP contribution in [-0.2, 0) is 4.79 Å². The SMILES string of the molecule is Cc1cc([N+](=O)[O-])c(C)cc1OC(C)CC(=O)C(C)C. The first kappa shape index (κ1) is 16.1. The fourth-order valence-electron chi connectivity index (χ4n) is 1.88. The molecule has 0 fully saturated rings. The summed E-state index contributed by atoms with van der Waals surface area (Å²) in [6.07, 6.45) is 0.0945. The van der Waals surface area contributed by atoms with Gasteiger partial charge in [0.25, 0.3) is 5.69 Å². The van der Waals surface area contributed by atoms with Gasteiger partial charge in [0.2, 0.25) is 0 Å². The number of Topliss-reactive ketones (excluding diaryl/α,β-unsaturated/α-hetero) is 1. The van der Waals surface area contributed by atoms with Crippen molar-refractivity contribution in [3.63, 3.8) is 0 Å². The number of hydrogen-bond acceptors (Lipinski definition) is 4. The zero-order chi connectivity index (χ0) is 15.4. The van der Waals surface area contributed by atoms with Crippen molar-refractivity contribution in [3.8, 4) is 5.75 Å². The number of nitro benzene ring substituents is 1. The Hall–Kier alpha value is -1.91. The highest BCUT2D eigenvalue weighted by Crippen LogP contribution is 2.28. The van der Waals surface area contributed by atoms with E-state index in [9.17, 15) is 14.9 Å². The first-order valence-electron chi connectivity index (χ1n) is 6.67. The topological polar surface area (TPSA) is 69.4 Å². The maximum atomic E-state index is 11.7. The number of carbonyl (C=O) groups is 1. The number of ketones is 1. The molecule has 1 rings (SSSR count). The minimum Gasteiger partial charge on any atom is -0.490 e. The van der Waals surface area contributed by atoms with E-state index in [1.807, 2.05) is 20.8 Å². The van der Waals surface area contributed by atoms with Crippen LogP contribution in [0.1, 0.15) is 38.3 Å². The van der Waals surface area contributed by atoms with Gasteiger partial charge in [-0.25, -0.2) is 0 Å². The number of carbonyl (C=O) groups excluding carboxylic acids is 1. The highest BCUT2D eigenvalue weighted by Gasteiger charge is 2.17. The summed E-state index contributed by atoms with van der Waals surface area (Å²) in [6, 6.07) is 3.16. The van der Waals surface area contributed by atoms with Gasteiger partial charge in [-0.2, -0.15) is 0 Å². The van der Waals surface area contributed by atoms with Crippen molar-refractivity contribution in [1.29, 1.82) is 0 Å². The van der Waals surface area contributed by atoms with Crippen LogP contribution in [0.15, 0.2) is 12.1 Å². The van der Waals surface area contributed by atoms with Gasteiger partial charge in [0.05, 0.1) is 4.92 Å². The molecule has 1 aromatic rings. The Kier molecular flexibility index (Phi) is 5.25. The van der Waals surface area contributed by atoms with Crippen molar-refractivity contribution >= 4 is 11.5 Å². The van der Waals surface area contributed by atoms with Gasteiger partial charge in [-0.15, -0.1) is 0 Å². The molecule has 0 heterocycles. The Bertz CT molecular complexity index is 523. The molecule has 0 saturated carbocycles. The number of hydrogen-bond donors (Lipinski definition) is 0. The average molecular weight is 279 g/mol. The van der Waals surface area contributed by atoms with Gasteiger partial charge in [0, 0.05) is 24.0 Å². The summed E-state index contributed by atoms with van der Waals surface area (Å²) >= 11 is 0. The third kappa shape index (κ3) is 4.05. The highest BCUT2D eigenvalue weighted by molar-refractivity contribution is 5.80. The zero-order valence-electron chi connectivity index (χ0n) is 12.6. The molecule has 0 aromatic heterocycles. The average Bonchev–Trinajstić information content (AvgIpc) is 2.32. The molecule has 5 heteroatoms. The molecule has 0 saturated heterocycles. The van der Waals surface area contributed by atoms with Crippen LogP contribution in [0.4, 0.5) is 5.69 Å². The summed E-state index contributed by atoms with van der Waals surface area (Å²) in [5, 5.41) is 10.8. The highest BCUT2D eigenvalue weighted by atomic mass is 16.6. The van der Waals surface area contributed by atoms with Gasteiger partial charge in [0.15, 0.2) is 0 Å². The third-order valence-electron chi connectivity index (χ3n) is 3.15. The van der Waals surface area contributed by atoms with E-state index >= 15 is 0 Å². The van der Waals surface area contributed by atoms with E-state index in [4.69, 9.17) is 4.74 Å². The van der Waals surface area contributed by atoms with Crippen LogP contribution in [-0.4, -0.2) is 16.8 Å². The molecule has 1 aromatic carbocycles. The van der Waals surface area contributed by atoms with Gasteiger partial charge < -0.3 is 4.74 Å². The van der Waals surface area contributed by atoms with Crippen LogP contribution >= 0.6 is 0 Å². The van der Waals surface area contributed by atoms with E-state index in [0.29, 0.717) is 23.3 Å². The molecular weight excluding hydrogens is 258 g/mol. The maximum Gasteiger partial charge on any atom is 0.272 e. The van der Waals surface area contributed by atoms with Crippen LogP contribution in [0, 0.1) is 29.9 Å². The molecule has 0 spiro atoms. The number of nitro groups is 1. The van der Waals surface area contributed by atoms with E-state index in [0.717, 1.165) is 0 Å². The van der Waals surface area contributed by atoms with Crippen LogP contribution < -0.4 is 4.74 Å². The van der Waals surface area contributed by atoms with E-state index in [1.165, 1.54) is 6.07 Å². The first-order valence-corrected chi connectivity index (χ1v) is 6.67. The summed E-state index contributed by atoms with van der Waals surface area (Å²) < 4.78 is 5.74. The fourth-order valence-corrected chi connectivity index (χ4v) is 1.88. The normalized spacial score (nSPS) is 12.3. The number of rotatable bonds is 6. The molecule has 0 N–H and O–H groups in total. The van der Waals surface area contributed by atoms with Crippen LogP contribution in [0.25, 0.3) is 0 Å². The molecule has 5 nitrogen and oxygen atoms in total. The molecule has 1 atom stereocenters. The first-order chi connectivity index (χ1) is 9.22. The number of aryl methyl sites for hydroxylation is 2. The molecule has 0 aliphatic heterocycles. The van der Waals surface area contributed by atoms with Gasteiger partial charge in [-0.05, 0) is 32.4 Å². The summed E-state index contributed by atoms with van der Waals surface area (Å²) in [5.41, 5.74) is 1.34. The summed E-state index contributed by atoms with van der Waals surface area (Å²) in [5.74, 6) is 0.728. The van der Waals surface area contributed by atoms with Crippen molar-refractivity contribution < 1.29 is 14.5 Å². The van der Waals surface area contributed by atoms with Gasteiger partial charge in [-0.3, -0.25) is 14.9 Å². The second-order valence-electron chi connectivity index (χ2n) is 5.41. The van der Waals surface area contributed by atoms with Crippen molar-refractivity contribution in [2.45, 2.75) is 47.1 Å². The Morgan fingerprint density at radius 2 is 1.85 bits per heavy atom. The predicted octanol–water partition coefficient (Wildman–Crippen LogP) is 3.59.